The first kappa shape index (κ1) is 44.7. The largest absolute Gasteiger partial charge is 0.309 e. The quantitative estimate of drug-likeness (QED) is 0.141. The van der Waals surface area contributed by atoms with Gasteiger partial charge in [-0.2, -0.15) is 10.5 Å². The third-order valence-corrected chi connectivity index (χ3v) is 14.0. The van der Waals surface area contributed by atoms with Gasteiger partial charge in [-0.15, -0.1) is 0 Å². The molecule has 3 aromatic heterocycles. The van der Waals surface area contributed by atoms with Crippen LogP contribution in [-0.2, 0) is 0 Å². The van der Waals surface area contributed by atoms with E-state index in [-0.39, 0.29) is 0 Å². The fraction of sp³-hybridized carbons (Fsp3) is 0. The Morgan fingerprint density at radius 3 is 1.28 bits per heavy atom. The van der Waals surface area contributed by atoms with E-state index in [1.165, 1.54) is 10.8 Å². The first-order chi connectivity index (χ1) is 37.5. The summed E-state index contributed by atoms with van der Waals surface area (Å²) in [6, 6.07) is 79.3. The first-order valence-electron chi connectivity index (χ1n) is 24.5. The van der Waals surface area contributed by atoms with Gasteiger partial charge in [-0.05, 0) is 119 Å². The lowest BCUT2D eigenvalue weighted by atomic mass is 9.98. The third-order valence-electron chi connectivity index (χ3n) is 14.0. The van der Waals surface area contributed by atoms with Gasteiger partial charge in [-0.1, -0.05) is 133 Å². The fourth-order valence-electron chi connectivity index (χ4n) is 10.6. The zero-order chi connectivity index (χ0) is 51.3. The topological polar surface area (TPSA) is 105 Å². The van der Waals surface area contributed by atoms with Gasteiger partial charge in [0.25, 0.3) is 0 Å². The molecule has 0 amide bonds. The predicted octanol–water partition coefficient (Wildman–Crippen LogP) is 16.9. The zero-order valence-electron chi connectivity index (χ0n) is 40.4. The molecule has 0 unspecified atom stereocenters. The summed E-state index contributed by atoms with van der Waals surface area (Å²) in [6.45, 7) is 15.7. The second kappa shape index (κ2) is 18.4. The van der Waals surface area contributed by atoms with Gasteiger partial charge in [0.2, 0.25) is 0 Å². The van der Waals surface area contributed by atoms with E-state index in [0.29, 0.717) is 40.0 Å². The lowest BCUT2D eigenvalue weighted by molar-refractivity contribution is 1.06. The van der Waals surface area contributed by atoms with E-state index in [0.717, 1.165) is 94.3 Å². The van der Waals surface area contributed by atoms with E-state index in [2.05, 4.69) is 146 Å². The number of rotatable bonds is 8. The van der Waals surface area contributed by atoms with Crippen molar-refractivity contribution in [1.29, 1.82) is 10.5 Å². The van der Waals surface area contributed by atoms with Crippen molar-refractivity contribution in [1.82, 2.24) is 24.1 Å². The minimum atomic E-state index is 0.374. The smallest absolute Gasteiger partial charge is 0.189 e. The first-order valence-corrected chi connectivity index (χ1v) is 24.5. The molecule has 9 heteroatoms. The Bertz CT molecular complexity index is 4380. The van der Waals surface area contributed by atoms with Crippen molar-refractivity contribution in [3.05, 3.63) is 258 Å². The molecular formula is C67H37N9. The Kier molecular flexibility index (Phi) is 10.8. The van der Waals surface area contributed by atoms with Gasteiger partial charge in [0.1, 0.15) is 0 Å². The monoisotopic (exact) mass is 967 g/mol. The third kappa shape index (κ3) is 7.66. The van der Waals surface area contributed by atoms with Crippen LogP contribution >= 0.6 is 0 Å². The summed E-state index contributed by atoms with van der Waals surface area (Å²) >= 11 is 0. The van der Waals surface area contributed by atoms with Gasteiger partial charge in [-0.3, -0.25) is 0 Å². The van der Waals surface area contributed by atoms with Crippen LogP contribution in [0.15, 0.2) is 224 Å². The second-order valence-corrected chi connectivity index (χ2v) is 18.4. The number of nitrogens with zero attached hydrogens (tertiary/aromatic N) is 9. The van der Waals surface area contributed by atoms with Crippen molar-refractivity contribution in [3.63, 3.8) is 0 Å². The predicted molar refractivity (Wildman–Crippen MR) is 303 cm³/mol. The van der Waals surface area contributed by atoms with Crippen LogP contribution in [0.2, 0.25) is 0 Å². The van der Waals surface area contributed by atoms with Crippen LogP contribution in [0.3, 0.4) is 0 Å². The number of fused-ring (bicyclic) bond motifs is 6. The van der Waals surface area contributed by atoms with E-state index >= 15 is 0 Å². The highest BCUT2D eigenvalue weighted by molar-refractivity contribution is 6.13. The summed E-state index contributed by atoms with van der Waals surface area (Å²) in [5, 5.41) is 24.1. The summed E-state index contributed by atoms with van der Waals surface area (Å²) in [4.78, 5) is 23.2. The Morgan fingerprint density at radius 2 is 0.763 bits per heavy atom. The molecule has 0 radical (unpaired) electrons. The molecule has 3 heterocycles. The molecular weight excluding hydrogens is 931 g/mol. The minimum Gasteiger partial charge on any atom is -0.309 e. The van der Waals surface area contributed by atoms with Crippen LogP contribution in [-0.4, -0.2) is 24.1 Å². The molecule has 0 aliphatic rings. The highest BCUT2D eigenvalue weighted by Gasteiger charge is 2.23. The van der Waals surface area contributed by atoms with Crippen molar-refractivity contribution < 1.29 is 0 Å². The minimum absolute atomic E-state index is 0.374. The highest BCUT2D eigenvalue weighted by atomic mass is 15.1. The molecule has 10 aromatic carbocycles. The summed E-state index contributed by atoms with van der Waals surface area (Å²) in [6.07, 6.45) is 0. The van der Waals surface area contributed by atoms with Crippen molar-refractivity contribution in [2.45, 2.75) is 0 Å². The van der Waals surface area contributed by atoms with E-state index in [4.69, 9.17) is 28.1 Å². The van der Waals surface area contributed by atoms with E-state index in [1.807, 2.05) is 97.1 Å². The van der Waals surface area contributed by atoms with Crippen molar-refractivity contribution in [2.24, 2.45) is 0 Å². The average molecular weight is 968 g/mol. The zero-order valence-corrected chi connectivity index (χ0v) is 40.4. The maximum absolute atomic E-state index is 10.00. The molecule has 13 aromatic rings. The Hall–Kier alpha value is -11.2. The number of hydrogen-bond acceptors (Lipinski definition) is 5. The van der Waals surface area contributed by atoms with Crippen LogP contribution in [0, 0.1) is 35.8 Å². The van der Waals surface area contributed by atoms with E-state index < -0.39 is 0 Å². The van der Waals surface area contributed by atoms with Gasteiger partial charge in [-0.25, -0.2) is 24.6 Å². The van der Waals surface area contributed by atoms with Crippen molar-refractivity contribution in [3.8, 4) is 91.1 Å². The van der Waals surface area contributed by atoms with E-state index in [9.17, 15) is 10.5 Å². The second-order valence-electron chi connectivity index (χ2n) is 18.4. The fourth-order valence-corrected chi connectivity index (χ4v) is 10.6. The van der Waals surface area contributed by atoms with Crippen LogP contribution in [0.1, 0.15) is 11.1 Å². The molecule has 0 aliphatic heterocycles. The van der Waals surface area contributed by atoms with Gasteiger partial charge >= 0.3 is 0 Å². The number of nitriles is 2. The Labute approximate surface area is 437 Å². The molecule has 0 N–H and O–H groups in total. The number of benzene rings is 10. The molecule has 0 atom stereocenters. The molecule has 0 aliphatic carbocycles. The summed E-state index contributed by atoms with van der Waals surface area (Å²) in [5.41, 5.74) is 14.9. The Balaban J connectivity index is 1.11. The van der Waals surface area contributed by atoms with Gasteiger partial charge < -0.3 is 9.13 Å². The summed E-state index contributed by atoms with van der Waals surface area (Å²) in [7, 11) is 0. The van der Waals surface area contributed by atoms with Crippen LogP contribution in [0.25, 0.3) is 132 Å². The maximum atomic E-state index is 10.00. The van der Waals surface area contributed by atoms with Crippen LogP contribution in [0.4, 0.5) is 11.4 Å². The maximum Gasteiger partial charge on any atom is 0.189 e. The molecule has 76 heavy (non-hydrogen) atoms. The lowest BCUT2D eigenvalue weighted by Crippen LogP contribution is -2.04. The van der Waals surface area contributed by atoms with Crippen LogP contribution < -0.4 is 0 Å². The number of para-hydroxylation sites is 3. The van der Waals surface area contributed by atoms with Gasteiger partial charge in [0.05, 0.1) is 58.7 Å². The van der Waals surface area contributed by atoms with E-state index in [1.54, 1.807) is 12.1 Å². The molecule has 0 saturated heterocycles. The molecule has 0 fully saturated rings. The average Bonchev–Trinajstić information content (AvgIpc) is 4.02. The van der Waals surface area contributed by atoms with Crippen molar-refractivity contribution in [2.75, 3.05) is 0 Å². The highest BCUT2D eigenvalue weighted by Crippen LogP contribution is 2.43. The number of hydrogen-bond donors (Lipinski definition) is 0. The SMILES string of the molecule is [C-]#[N+]c1cc(C#N)cc(-c2ccc3c(c2)c2cc(-c4cc(C#N)cc([N+]#[C-])c4)ccc2n3-c2ccc(-c3ccccc3-n3c4ccccc4c4ccccc43)cc2-c2nc(-c3ccccc3)nc(-c3ccccc3)n2)c1. The standard InChI is InChI=1S/C67H37N9/c1-70-51-33-42(40-68)31-49(35-51)46-25-28-62-56(37-46)57-38-47(50-32-43(41-69)34-52(36-50)71-2)26-29-63(57)76(62)64-30-27-48(53-19-9-12-22-59(53)75-60-23-13-10-20-54(60)55-21-11-14-24-61(55)75)39-58(64)67-73-65(44-15-5-3-6-16-44)72-66(74-67)45-17-7-4-8-18-45/h3-39H. The van der Waals surface area contributed by atoms with Gasteiger partial charge in [0.15, 0.2) is 28.8 Å². The Morgan fingerprint density at radius 1 is 0.329 bits per heavy atom. The van der Waals surface area contributed by atoms with Gasteiger partial charge in [0, 0.05) is 54.9 Å². The lowest BCUT2D eigenvalue weighted by Gasteiger charge is -2.18. The summed E-state index contributed by atoms with van der Waals surface area (Å²) < 4.78 is 4.59. The van der Waals surface area contributed by atoms with Crippen molar-refractivity contribution >= 4 is 55.0 Å². The normalized spacial score (nSPS) is 11.1. The van der Waals surface area contributed by atoms with Crippen LogP contribution in [0.5, 0.6) is 0 Å². The molecule has 350 valence electrons. The molecule has 0 saturated carbocycles. The molecule has 0 bridgehead atoms. The molecule has 0 spiro atoms. The number of aromatic nitrogens is 5. The molecule has 13 rings (SSSR count). The molecule has 9 nitrogen and oxygen atoms in total. The summed E-state index contributed by atoms with van der Waals surface area (Å²) in [5.74, 6) is 1.53.